The molecule has 3 aromatic rings. The number of alkyl carbamates (subject to hydrolysis) is 1. The van der Waals surface area contributed by atoms with E-state index in [1.807, 2.05) is 65.0 Å². The summed E-state index contributed by atoms with van der Waals surface area (Å²) in [4.78, 5) is 56.0. The number of nitrogens with zero attached hydrogens (tertiary/aromatic N) is 4. The predicted octanol–water partition coefficient (Wildman–Crippen LogP) is 7.89. The molecule has 0 radical (unpaired) electrons. The molecule has 0 fully saturated rings. The topological polar surface area (TPSA) is 192 Å². The number of ether oxygens (including phenoxy) is 5. The maximum Gasteiger partial charge on any atom is 0.408 e. The standard InChI is InChI=1S/C56H88N8O8/c1-40(68-8)37-63(33-15-13-23-45-27-25-43-21-17-31-58-49(43)60-45)35-29-47(57)51(65)71-53(55(3,4)5)56(6,7)72-52(66)48(62-54(67)70-39-42-19-11-10-12-20-42)30-36-64(38-41(2)69-9)34-16-14-24-46-28-26-44-22-18-32-59-50(44)61-46/h10-12,19-20,25-28,40-41,47-48,53H,13-18,21-24,29-39,57H2,1-9H3,(H,58,60)(H,59,61)(H,62,67)/t40-,41-,47+,48+,53+/m1/s1. The van der Waals surface area contributed by atoms with Gasteiger partial charge in [0.15, 0.2) is 0 Å². The number of aryl methyl sites for hydroxylation is 4. The highest BCUT2D eigenvalue weighted by atomic mass is 16.6. The molecule has 0 spiro atoms. The number of pyridine rings is 2. The van der Waals surface area contributed by atoms with Crippen LogP contribution in [0.1, 0.15) is 128 Å². The van der Waals surface area contributed by atoms with Gasteiger partial charge >= 0.3 is 18.0 Å². The zero-order valence-corrected chi connectivity index (χ0v) is 45.1. The number of aromatic nitrogens is 2. The second-order valence-electron chi connectivity index (χ2n) is 21.4. The first-order valence-electron chi connectivity index (χ1n) is 26.6. The van der Waals surface area contributed by atoms with Crippen LogP contribution in [0.15, 0.2) is 54.6 Å². The van der Waals surface area contributed by atoms with E-state index in [4.69, 9.17) is 39.4 Å². The van der Waals surface area contributed by atoms with E-state index < -0.39 is 47.2 Å². The normalized spacial score (nSPS) is 15.8. The number of rotatable bonds is 30. The number of unbranched alkanes of at least 4 members (excludes halogenated alkanes) is 2. The minimum atomic E-state index is -1.33. The van der Waals surface area contributed by atoms with E-state index in [2.05, 4.69) is 50.0 Å². The molecule has 16 nitrogen and oxygen atoms in total. The van der Waals surface area contributed by atoms with Gasteiger partial charge in [-0.05, 0) is 147 Å². The van der Waals surface area contributed by atoms with E-state index >= 15 is 0 Å². The molecule has 1 amide bonds. The van der Waals surface area contributed by atoms with Gasteiger partial charge in [-0.25, -0.2) is 19.6 Å². The molecule has 5 N–H and O–H groups in total. The average molecular weight is 1000 g/mol. The fraction of sp³-hybridized carbons (Fsp3) is 0.661. The SMILES string of the molecule is CO[C@H](C)CN(CCCCc1ccc2c(n1)NCCC2)CC[C@H](NC(=O)OCc1ccccc1)C(=O)OC(C)(C)[C@@H](OC(=O)[C@@H](N)CCN(CCCCc1ccc2c(n1)NCCC2)C[C@@H](C)OC)C(C)(C)C. The Morgan fingerprint density at radius 3 is 1.75 bits per heavy atom. The molecular weight excluding hydrogens is 913 g/mol. The zero-order chi connectivity index (χ0) is 52.1. The lowest BCUT2D eigenvalue weighted by Crippen LogP contribution is -2.55. The van der Waals surface area contributed by atoms with E-state index in [0.29, 0.717) is 32.6 Å². The van der Waals surface area contributed by atoms with Crippen molar-refractivity contribution < 1.29 is 38.1 Å². The molecule has 5 rings (SSSR count). The summed E-state index contributed by atoms with van der Waals surface area (Å²) in [5.41, 5.74) is 10.1. The minimum absolute atomic E-state index is 0.00526. The Balaban J connectivity index is 1.20. The monoisotopic (exact) mass is 1000 g/mol. The van der Waals surface area contributed by atoms with Gasteiger partial charge in [-0.2, -0.15) is 0 Å². The first kappa shape index (κ1) is 58.0. The van der Waals surface area contributed by atoms with Crippen LogP contribution in [0, 0.1) is 5.41 Å². The number of amides is 1. The number of carbonyl (C=O) groups is 3. The second kappa shape index (κ2) is 29.1. The van der Waals surface area contributed by atoms with Crippen LogP contribution in [0.4, 0.5) is 16.4 Å². The Bertz CT molecular complexity index is 2120. The summed E-state index contributed by atoms with van der Waals surface area (Å²) in [6, 6.07) is 16.0. The van der Waals surface area contributed by atoms with Crippen LogP contribution < -0.4 is 21.7 Å². The highest BCUT2D eigenvalue weighted by Gasteiger charge is 2.46. The predicted molar refractivity (Wildman–Crippen MR) is 284 cm³/mol. The van der Waals surface area contributed by atoms with Gasteiger partial charge in [-0.3, -0.25) is 4.79 Å². The van der Waals surface area contributed by atoms with Gasteiger partial charge in [-0.15, -0.1) is 0 Å². The third-order valence-electron chi connectivity index (χ3n) is 13.7. The fourth-order valence-corrected chi connectivity index (χ4v) is 9.62. The number of carbonyl (C=O) groups excluding carboxylic acids is 3. The number of benzene rings is 1. The van der Waals surface area contributed by atoms with Crippen LogP contribution in [0.3, 0.4) is 0 Å². The number of methoxy groups -OCH3 is 2. The molecule has 0 aliphatic carbocycles. The highest BCUT2D eigenvalue weighted by molar-refractivity contribution is 5.82. The van der Waals surface area contributed by atoms with E-state index in [9.17, 15) is 14.4 Å². The molecule has 400 valence electrons. The molecule has 5 atom stereocenters. The molecular formula is C56H88N8O8. The number of nitrogens with two attached hydrogens (primary N) is 1. The lowest BCUT2D eigenvalue weighted by atomic mass is 9.79. The maximum absolute atomic E-state index is 14.4. The van der Waals surface area contributed by atoms with Crippen molar-refractivity contribution in [3.05, 3.63) is 82.7 Å². The van der Waals surface area contributed by atoms with Crippen LogP contribution in [-0.2, 0) is 65.6 Å². The van der Waals surface area contributed by atoms with Crippen molar-refractivity contribution in [2.75, 3.05) is 77.2 Å². The second-order valence-corrected chi connectivity index (χ2v) is 21.4. The number of hydrogen-bond donors (Lipinski definition) is 4. The summed E-state index contributed by atoms with van der Waals surface area (Å²) in [5.74, 6) is 0.776. The Morgan fingerprint density at radius 1 is 0.708 bits per heavy atom. The first-order chi connectivity index (χ1) is 34.4. The van der Waals surface area contributed by atoms with Gasteiger partial charge in [0.2, 0.25) is 0 Å². The molecule has 2 aliphatic rings. The number of fused-ring (bicyclic) bond motifs is 2. The Morgan fingerprint density at radius 2 is 1.24 bits per heavy atom. The molecule has 4 heterocycles. The molecule has 0 saturated carbocycles. The smallest absolute Gasteiger partial charge is 0.408 e. The van der Waals surface area contributed by atoms with Crippen LogP contribution in [0.2, 0.25) is 0 Å². The molecule has 72 heavy (non-hydrogen) atoms. The molecule has 2 aliphatic heterocycles. The molecule has 1 aromatic carbocycles. The van der Waals surface area contributed by atoms with Crippen LogP contribution in [-0.4, -0.2) is 140 Å². The van der Waals surface area contributed by atoms with Gasteiger partial charge in [0.1, 0.15) is 42.0 Å². The third kappa shape index (κ3) is 19.5. The summed E-state index contributed by atoms with van der Waals surface area (Å²) in [6.07, 6.45) is 8.75. The Kier molecular flexibility index (Phi) is 23.5. The average Bonchev–Trinajstić information content (AvgIpc) is 3.36. The summed E-state index contributed by atoms with van der Waals surface area (Å²) in [5, 5.41) is 9.67. The number of esters is 2. The van der Waals surface area contributed by atoms with E-state index in [1.54, 1.807) is 28.1 Å². The number of hydrogen-bond acceptors (Lipinski definition) is 15. The molecule has 16 heteroatoms. The summed E-state index contributed by atoms with van der Waals surface area (Å²) < 4.78 is 29.4. The number of nitrogens with one attached hydrogen (secondary N) is 3. The summed E-state index contributed by atoms with van der Waals surface area (Å²) >= 11 is 0. The van der Waals surface area contributed by atoms with Crippen LogP contribution >= 0.6 is 0 Å². The molecule has 0 unspecified atom stereocenters. The van der Waals surface area contributed by atoms with Gasteiger partial charge < -0.3 is 55.2 Å². The summed E-state index contributed by atoms with van der Waals surface area (Å²) in [7, 11) is 3.39. The van der Waals surface area contributed by atoms with Crippen LogP contribution in [0.25, 0.3) is 0 Å². The van der Waals surface area contributed by atoms with Crippen molar-refractivity contribution in [1.82, 2.24) is 25.1 Å². The van der Waals surface area contributed by atoms with Crippen molar-refractivity contribution in [2.24, 2.45) is 11.1 Å². The third-order valence-corrected chi connectivity index (χ3v) is 13.7. The van der Waals surface area contributed by atoms with Crippen molar-refractivity contribution in [2.45, 2.75) is 168 Å². The minimum Gasteiger partial charge on any atom is -0.456 e. The van der Waals surface area contributed by atoms with Crippen molar-refractivity contribution in [3.8, 4) is 0 Å². The lowest BCUT2D eigenvalue weighted by Gasteiger charge is -2.42. The largest absolute Gasteiger partial charge is 0.456 e. The van der Waals surface area contributed by atoms with E-state index in [0.717, 1.165) is 119 Å². The zero-order valence-electron chi connectivity index (χ0n) is 45.1. The van der Waals surface area contributed by atoms with Gasteiger partial charge in [0.05, 0.1) is 12.2 Å². The quantitative estimate of drug-likeness (QED) is 0.0286. The van der Waals surface area contributed by atoms with Gasteiger partial charge in [-0.1, -0.05) is 63.2 Å². The van der Waals surface area contributed by atoms with Crippen molar-refractivity contribution in [1.29, 1.82) is 0 Å². The number of anilines is 2. The Labute approximate surface area is 430 Å². The maximum atomic E-state index is 14.4. The van der Waals surface area contributed by atoms with E-state index in [-0.39, 0.29) is 25.2 Å². The van der Waals surface area contributed by atoms with Crippen LogP contribution in [0.5, 0.6) is 0 Å². The highest BCUT2D eigenvalue weighted by Crippen LogP contribution is 2.34. The van der Waals surface area contributed by atoms with Gasteiger partial charge in [0, 0.05) is 70.3 Å². The lowest BCUT2D eigenvalue weighted by molar-refractivity contribution is -0.195. The summed E-state index contributed by atoms with van der Waals surface area (Å²) in [6.45, 7) is 19.2. The van der Waals surface area contributed by atoms with Crippen molar-refractivity contribution >= 4 is 29.7 Å². The van der Waals surface area contributed by atoms with Crippen molar-refractivity contribution in [3.63, 3.8) is 0 Å². The first-order valence-corrected chi connectivity index (χ1v) is 26.6. The molecule has 2 aromatic heterocycles. The van der Waals surface area contributed by atoms with E-state index in [1.165, 1.54) is 11.1 Å². The Hall–Kier alpha value is -4.87. The molecule has 0 saturated heterocycles. The fourth-order valence-electron chi connectivity index (χ4n) is 9.62. The van der Waals surface area contributed by atoms with Gasteiger partial charge in [0.25, 0.3) is 0 Å². The molecule has 0 bridgehead atoms.